The van der Waals surface area contributed by atoms with Gasteiger partial charge in [-0.1, -0.05) is 17.9 Å². The Kier molecular flexibility index (Phi) is 5.24. The highest BCUT2D eigenvalue weighted by Gasteiger charge is 2.48. The quantitative estimate of drug-likeness (QED) is 0.418. The maximum absolute atomic E-state index is 13.6. The summed E-state index contributed by atoms with van der Waals surface area (Å²) in [4.78, 5) is 38.6. The highest BCUT2D eigenvalue weighted by molar-refractivity contribution is 6.10. The number of imide groups is 1. The zero-order valence-corrected chi connectivity index (χ0v) is 17.0. The van der Waals surface area contributed by atoms with Crippen molar-refractivity contribution in [1.82, 2.24) is 15.5 Å². The predicted molar refractivity (Wildman–Crippen MR) is 105 cm³/mol. The summed E-state index contributed by atoms with van der Waals surface area (Å²) in [5, 5.41) is 4.38. The van der Waals surface area contributed by atoms with Crippen molar-refractivity contribution >= 4 is 17.8 Å². The molecule has 0 bridgehead atoms. The van der Waals surface area contributed by atoms with Gasteiger partial charge in [0.25, 0.3) is 11.8 Å². The van der Waals surface area contributed by atoms with Gasteiger partial charge in [0.05, 0.1) is 19.2 Å². The Hall–Kier alpha value is -4.07. The van der Waals surface area contributed by atoms with E-state index in [0.717, 1.165) is 6.07 Å². The number of amides is 4. The van der Waals surface area contributed by atoms with E-state index in [4.69, 9.17) is 4.74 Å². The zero-order valence-electron chi connectivity index (χ0n) is 17.0. The van der Waals surface area contributed by atoms with Crippen LogP contribution in [0.1, 0.15) is 27.0 Å². The molecule has 2 aromatic carbocycles. The van der Waals surface area contributed by atoms with E-state index in [2.05, 4.69) is 17.2 Å². The Bertz CT molecular complexity index is 1250. The molecule has 2 aliphatic rings. The lowest BCUT2D eigenvalue weighted by Crippen LogP contribution is -2.54. The van der Waals surface area contributed by atoms with Crippen molar-refractivity contribution in [3.8, 4) is 17.6 Å². The predicted octanol–water partition coefficient (Wildman–Crippen LogP) is 2.44. The number of ether oxygens (including phenoxy) is 1. The Morgan fingerprint density at radius 1 is 1.15 bits per heavy atom. The molecule has 0 aliphatic carbocycles. The Morgan fingerprint density at radius 3 is 2.55 bits per heavy atom. The van der Waals surface area contributed by atoms with E-state index >= 15 is 0 Å². The normalized spacial score (nSPS) is 19.5. The summed E-state index contributed by atoms with van der Waals surface area (Å²) in [7, 11) is 1.45. The number of hydrogen-bond donors (Lipinski definition) is 2. The van der Waals surface area contributed by atoms with Gasteiger partial charge in [0.2, 0.25) is 5.54 Å². The molecular weight excluding hydrogens is 446 g/mol. The molecule has 1 saturated heterocycles. The molecule has 0 spiro atoms. The van der Waals surface area contributed by atoms with E-state index in [1.807, 2.05) is 5.32 Å². The van der Waals surface area contributed by atoms with Crippen LogP contribution in [0.5, 0.6) is 5.75 Å². The lowest BCUT2D eigenvalue weighted by molar-refractivity contribution is -0.140. The minimum atomic E-state index is -4.94. The average Bonchev–Trinajstić information content (AvgIpc) is 3.21. The summed E-state index contributed by atoms with van der Waals surface area (Å²) in [6.07, 6.45) is -4.94. The van der Waals surface area contributed by atoms with Gasteiger partial charge in [-0.2, -0.15) is 13.2 Å². The van der Waals surface area contributed by atoms with Crippen molar-refractivity contribution in [2.45, 2.75) is 18.3 Å². The number of benzene rings is 2. The van der Waals surface area contributed by atoms with E-state index in [1.54, 1.807) is 18.2 Å². The number of halogens is 4. The van der Waals surface area contributed by atoms with Crippen LogP contribution in [0.4, 0.5) is 22.4 Å². The maximum Gasteiger partial charge on any atom is 0.419 e. The summed E-state index contributed by atoms with van der Waals surface area (Å²) in [6.45, 7) is -0.236. The van der Waals surface area contributed by atoms with Crippen LogP contribution in [0.15, 0.2) is 36.4 Å². The summed E-state index contributed by atoms with van der Waals surface area (Å²) >= 11 is 0. The fraction of sp³-hybridized carbons (Fsp3) is 0.227. The molecule has 1 unspecified atom stereocenters. The fourth-order valence-electron chi connectivity index (χ4n) is 3.61. The van der Waals surface area contributed by atoms with E-state index in [1.165, 1.54) is 12.0 Å². The molecule has 1 atom stereocenters. The highest BCUT2D eigenvalue weighted by atomic mass is 19.4. The number of hydrogen-bond acceptors (Lipinski definition) is 4. The third-order valence-corrected chi connectivity index (χ3v) is 5.26. The summed E-state index contributed by atoms with van der Waals surface area (Å²) in [6, 6.07) is 6.17. The molecule has 2 aliphatic heterocycles. The van der Waals surface area contributed by atoms with Crippen molar-refractivity contribution in [2.24, 2.45) is 0 Å². The van der Waals surface area contributed by atoms with Crippen LogP contribution in [-0.4, -0.2) is 41.9 Å². The van der Waals surface area contributed by atoms with Crippen molar-refractivity contribution in [2.75, 3.05) is 13.7 Å². The lowest BCUT2D eigenvalue weighted by atomic mass is 9.98. The molecule has 4 rings (SSSR count). The molecule has 0 radical (unpaired) electrons. The SMILES string of the molecule is COc1ccc2c(c1)C(=O)N(CC1(C#Cc3ccc(F)c(C(F)(F)F)c3)NC(=O)NC1=O)C2. The van der Waals surface area contributed by atoms with Crippen LogP contribution >= 0.6 is 0 Å². The summed E-state index contributed by atoms with van der Waals surface area (Å²) in [5.41, 5.74) is -2.62. The van der Waals surface area contributed by atoms with Crippen LogP contribution in [-0.2, 0) is 17.5 Å². The first-order valence-corrected chi connectivity index (χ1v) is 9.52. The molecule has 11 heteroatoms. The number of methoxy groups -OCH3 is 1. The lowest BCUT2D eigenvalue weighted by Gasteiger charge is -2.26. The molecule has 33 heavy (non-hydrogen) atoms. The number of urea groups is 1. The van der Waals surface area contributed by atoms with Crippen LogP contribution < -0.4 is 15.4 Å². The van der Waals surface area contributed by atoms with Crippen LogP contribution in [0.2, 0.25) is 0 Å². The second-order valence-electron chi connectivity index (χ2n) is 7.44. The standard InChI is InChI=1S/C22H15F4N3O4/c1-33-14-4-3-13-10-29(18(30)15(13)9-14)11-21(19(31)27-20(32)28-21)7-6-12-2-5-17(23)16(8-12)22(24,25)26/h2-5,8-9H,10-11H2,1H3,(H2,27,28,31,32). The second-order valence-corrected chi connectivity index (χ2v) is 7.44. The molecule has 2 N–H and O–H groups in total. The number of fused-ring (bicyclic) bond motifs is 1. The van der Waals surface area contributed by atoms with Crippen molar-refractivity contribution in [1.29, 1.82) is 0 Å². The van der Waals surface area contributed by atoms with Crippen LogP contribution in [0, 0.1) is 17.7 Å². The number of alkyl halides is 3. The van der Waals surface area contributed by atoms with Gasteiger partial charge >= 0.3 is 12.2 Å². The van der Waals surface area contributed by atoms with Gasteiger partial charge < -0.3 is 15.0 Å². The van der Waals surface area contributed by atoms with Crippen molar-refractivity contribution in [3.63, 3.8) is 0 Å². The van der Waals surface area contributed by atoms with Gasteiger partial charge in [0.15, 0.2) is 0 Å². The zero-order chi connectivity index (χ0) is 24.0. The fourth-order valence-corrected chi connectivity index (χ4v) is 3.61. The third-order valence-electron chi connectivity index (χ3n) is 5.26. The highest BCUT2D eigenvalue weighted by Crippen LogP contribution is 2.32. The molecule has 4 amide bonds. The first-order valence-electron chi connectivity index (χ1n) is 9.52. The minimum Gasteiger partial charge on any atom is -0.497 e. The van der Waals surface area contributed by atoms with Gasteiger partial charge in [-0.25, -0.2) is 9.18 Å². The first kappa shape index (κ1) is 22.1. The number of rotatable bonds is 3. The molecule has 2 heterocycles. The molecule has 0 saturated carbocycles. The third kappa shape index (κ3) is 4.07. The first-order chi connectivity index (χ1) is 15.5. The van der Waals surface area contributed by atoms with E-state index in [0.29, 0.717) is 29.0 Å². The molecule has 2 aromatic rings. The minimum absolute atomic E-state index is 0.125. The van der Waals surface area contributed by atoms with Gasteiger partial charge in [0, 0.05) is 17.7 Å². The molecular formula is C22H15F4N3O4. The number of nitrogens with one attached hydrogen (secondary N) is 2. The summed E-state index contributed by atoms with van der Waals surface area (Å²) < 4.78 is 57.6. The maximum atomic E-state index is 13.6. The molecule has 0 aromatic heterocycles. The molecule has 7 nitrogen and oxygen atoms in total. The molecule has 1 fully saturated rings. The largest absolute Gasteiger partial charge is 0.497 e. The van der Waals surface area contributed by atoms with Gasteiger partial charge in [0.1, 0.15) is 11.6 Å². The Labute approximate surface area is 184 Å². The monoisotopic (exact) mass is 461 g/mol. The number of nitrogens with zero attached hydrogens (tertiary/aromatic N) is 1. The Morgan fingerprint density at radius 2 is 1.91 bits per heavy atom. The topological polar surface area (TPSA) is 87.7 Å². The average molecular weight is 461 g/mol. The van der Waals surface area contributed by atoms with E-state index in [-0.39, 0.29) is 18.7 Å². The van der Waals surface area contributed by atoms with Gasteiger partial charge in [-0.15, -0.1) is 0 Å². The summed E-state index contributed by atoms with van der Waals surface area (Å²) in [5.74, 6) is 2.58. The number of carbonyl (C=O) groups excluding carboxylic acids is 3. The van der Waals surface area contributed by atoms with Crippen LogP contribution in [0.3, 0.4) is 0 Å². The van der Waals surface area contributed by atoms with Crippen LogP contribution in [0.25, 0.3) is 0 Å². The smallest absolute Gasteiger partial charge is 0.419 e. The Balaban J connectivity index is 1.67. The number of carbonyl (C=O) groups is 3. The second kappa shape index (κ2) is 7.81. The van der Waals surface area contributed by atoms with E-state index in [9.17, 15) is 31.9 Å². The van der Waals surface area contributed by atoms with Crippen molar-refractivity contribution < 1.29 is 36.7 Å². The van der Waals surface area contributed by atoms with E-state index < -0.39 is 40.9 Å². The molecule has 170 valence electrons. The van der Waals surface area contributed by atoms with Crippen molar-refractivity contribution in [3.05, 3.63) is 64.5 Å². The van der Waals surface area contributed by atoms with Gasteiger partial charge in [-0.05, 0) is 35.9 Å². The van der Waals surface area contributed by atoms with Gasteiger partial charge in [-0.3, -0.25) is 14.9 Å².